The number of hydrogen-bond acceptors (Lipinski definition) is 4. The molecule has 0 aliphatic heterocycles. The maximum atomic E-state index is 11.9. The quantitative estimate of drug-likeness (QED) is 0.577. The van der Waals surface area contributed by atoms with Crippen LogP contribution in [0, 0.1) is 0 Å². The number of nitrogens with two attached hydrogens (primary N) is 1. The molecule has 14 heavy (non-hydrogen) atoms. The number of anilines is 1. The van der Waals surface area contributed by atoms with Crippen LogP contribution in [0.4, 0.5) is 14.5 Å². The van der Waals surface area contributed by atoms with E-state index in [1.54, 1.807) is 6.07 Å². The normalized spacial score (nSPS) is 10.1. The van der Waals surface area contributed by atoms with Gasteiger partial charge in [-0.3, -0.25) is 5.84 Å². The van der Waals surface area contributed by atoms with Gasteiger partial charge in [-0.15, -0.1) is 0 Å². The highest BCUT2D eigenvalue weighted by Crippen LogP contribution is 2.29. The summed E-state index contributed by atoms with van der Waals surface area (Å²) in [6.45, 7) is -2.89. The van der Waals surface area contributed by atoms with Crippen molar-refractivity contribution in [3.63, 3.8) is 0 Å². The zero-order valence-electron chi connectivity index (χ0n) is 7.46. The molecule has 1 aromatic carbocycles. The van der Waals surface area contributed by atoms with Crippen LogP contribution in [-0.2, 0) is 0 Å². The Hall–Kier alpha value is -1.56. The topological polar surface area (TPSA) is 56.5 Å². The second-order valence-electron chi connectivity index (χ2n) is 2.38. The van der Waals surface area contributed by atoms with Crippen LogP contribution >= 0.6 is 0 Å². The zero-order valence-corrected chi connectivity index (χ0v) is 7.46. The van der Waals surface area contributed by atoms with Gasteiger partial charge in [0.05, 0.1) is 12.8 Å². The molecule has 0 bridgehead atoms. The van der Waals surface area contributed by atoms with E-state index in [0.717, 1.165) is 0 Å². The van der Waals surface area contributed by atoms with Crippen molar-refractivity contribution in [3.05, 3.63) is 18.2 Å². The van der Waals surface area contributed by atoms with E-state index in [9.17, 15) is 8.78 Å². The third-order valence-corrected chi connectivity index (χ3v) is 1.56. The molecule has 0 aliphatic rings. The Bertz CT molecular complexity index is 307. The summed E-state index contributed by atoms with van der Waals surface area (Å²) in [5.41, 5.74) is 2.51. The molecule has 1 rings (SSSR count). The smallest absolute Gasteiger partial charge is 0.387 e. The second-order valence-corrected chi connectivity index (χ2v) is 2.38. The van der Waals surface area contributed by atoms with Crippen LogP contribution < -0.4 is 20.7 Å². The lowest BCUT2D eigenvalue weighted by Crippen LogP contribution is -2.10. The van der Waals surface area contributed by atoms with Gasteiger partial charge in [-0.2, -0.15) is 8.78 Å². The average molecular weight is 204 g/mol. The monoisotopic (exact) mass is 204 g/mol. The van der Waals surface area contributed by atoms with Crippen LogP contribution in [0.15, 0.2) is 18.2 Å². The molecule has 1 aromatic rings. The fourth-order valence-corrected chi connectivity index (χ4v) is 0.942. The number of rotatable bonds is 4. The van der Waals surface area contributed by atoms with Crippen molar-refractivity contribution in [1.82, 2.24) is 0 Å². The molecule has 3 N–H and O–H groups in total. The van der Waals surface area contributed by atoms with Crippen LogP contribution in [0.25, 0.3) is 0 Å². The molecule has 0 unspecified atom stereocenters. The van der Waals surface area contributed by atoms with E-state index >= 15 is 0 Å². The largest absolute Gasteiger partial charge is 0.497 e. The number of nitrogens with one attached hydrogen (secondary N) is 1. The average Bonchev–Trinajstić information content (AvgIpc) is 2.16. The van der Waals surface area contributed by atoms with E-state index in [-0.39, 0.29) is 11.4 Å². The summed E-state index contributed by atoms with van der Waals surface area (Å²) < 4.78 is 32.9. The van der Waals surface area contributed by atoms with Gasteiger partial charge < -0.3 is 14.9 Å². The molecule has 6 heteroatoms. The first-order valence-electron chi connectivity index (χ1n) is 3.77. The molecule has 78 valence electrons. The summed E-state index contributed by atoms with van der Waals surface area (Å²) in [7, 11) is 1.43. The van der Waals surface area contributed by atoms with Crippen molar-refractivity contribution in [2.45, 2.75) is 6.61 Å². The molecule has 0 aliphatic carbocycles. The Labute approximate surface area is 79.6 Å². The first-order chi connectivity index (χ1) is 6.67. The van der Waals surface area contributed by atoms with Gasteiger partial charge >= 0.3 is 6.61 Å². The Kier molecular flexibility index (Phi) is 3.47. The van der Waals surface area contributed by atoms with E-state index < -0.39 is 6.61 Å². The first kappa shape index (κ1) is 10.5. The minimum atomic E-state index is -2.89. The maximum Gasteiger partial charge on any atom is 0.387 e. The fourth-order valence-electron chi connectivity index (χ4n) is 0.942. The predicted molar refractivity (Wildman–Crippen MR) is 47.4 cm³/mol. The number of alkyl halides is 2. The number of hydrazine groups is 1. The summed E-state index contributed by atoms with van der Waals surface area (Å²) >= 11 is 0. The van der Waals surface area contributed by atoms with Crippen molar-refractivity contribution in [2.24, 2.45) is 5.84 Å². The van der Waals surface area contributed by atoms with Crippen LogP contribution in [-0.4, -0.2) is 13.7 Å². The number of methoxy groups -OCH3 is 1. The van der Waals surface area contributed by atoms with E-state index in [0.29, 0.717) is 5.75 Å². The van der Waals surface area contributed by atoms with Crippen LogP contribution in [0.3, 0.4) is 0 Å². The number of benzene rings is 1. The molecular weight excluding hydrogens is 194 g/mol. The highest BCUT2D eigenvalue weighted by atomic mass is 19.3. The van der Waals surface area contributed by atoms with E-state index in [4.69, 9.17) is 10.6 Å². The number of hydrogen-bond donors (Lipinski definition) is 2. The van der Waals surface area contributed by atoms with E-state index in [2.05, 4.69) is 10.2 Å². The van der Waals surface area contributed by atoms with Crippen molar-refractivity contribution >= 4 is 5.69 Å². The second kappa shape index (κ2) is 4.61. The van der Waals surface area contributed by atoms with Crippen molar-refractivity contribution in [2.75, 3.05) is 12.5 Å². The molecule has 0 saturated carbocycles. The van der Waals surface area contributed by atoms with Gasteiger partial charge in [-0.1, -0.05) is 0 Å². The molecular formula is C8H10F2N2O2. The summed E-state index contributed by atoms with van der Waals surface area (Å²) in [6.07, 6.45) is 0. The number of halogens is 2. The molecule has 0 radical (unpaired) electrons. The predicted octanol–water partition coefficient (Wildman–Crippen LogP) is 1.58. The Morgan fingerprint density at radius 3 is 2.64 bits per heavy atom. The molecule has 0 fully saturated rings. The lowest BCUT2D eigenvalue weighted by Gasteiger charge is -2.11. The zero-order chi connectivity index (χ0) is 10.6. The van der Waals surface area contributed by atoms with Gasteiger partial charge in [-0.05, 0) is 12.1 Å². The van der Waals surface area contributed by atoms with Gasteiger partial charge in [0, 0.05) is 6.07 Å². The Morgan fingerprint density at radius 2 is 2.14 bits per heavy atom. The van der Waals surface area contributed by atoms with Gasteiger partial charge in [0.1, 0.15) is 5.75 Å². The summed E-state index contributed by atoms with van der Waals surface area (Å²) in [5, 5.41) is 0. The first-order valence-corrected chi connectivity index (χ1v) is 3.77. The molecule has 0 heterocycles. The fraction of sp³-hybridized carbons (Fsp3) is 0.250. The van der Waals surface area contributed by atoms with Gasteiger partial charge in [0.2, 0.25) is 0 Å². The SMILES string of the molecule is COc1ccc(NN)c(OC(F)F)c1. The molecule has 0 amide bonds. The Balaban J connectivity index is 2.96. The third-order valence-electron chi connectivity index (χ3n) is 1.56. The molecule has 0 saturated heterocycles. The van der Waals surface area contributed by atoms with Crippen molar-refractivity contribution in [1.29, 1.82) is 0 Å². The highest BCUT2D eigenvalue weighted by molar-refractivity contribution is 5.58. The van der Waals surface area contributed by atoms with Crippen LogP contribution in [0.1, 0.15) is 0 Å². The third kappa shape index (κ3) is 2.46. The van der Waals surface area contributed by atoms with Crippen LogP contribution in [0.2, 0.25) is 0 Å². The Morgan fingerprint density at radius 1 is 1.43 bits per heavy atom. The lowest BCUT2D eigenvalue weighted by atomic mass is 10.3. The van der Waals surface area contributed by atoms with Crippen molar-refractivity contribution in [3.8, 4) is 11.5 Å². The lowest BCUT2D eigenvalue weighted by molar-refractivity contribution is -0.0494. The van der Waals surface area contributed by atoms with Gasteiger partial charge in [0.25, 0.3) is 0 Å². The van der Waals surface area contributed by atoms with Gasteiger partial charge in [0.15, 0.2) is 5.75 Å². The maximum absolute atomic E-state index is 11.9. The standard InChI is InChI=1S/C8H10F2N2O2/c1-13-5-2-3-6(12-11)7(4-5)14-8(9)10/h2-4,8,12H,11H2,1H3. The van der Waals surface area contributed by atoms with Gasteiger partial charge in [-0.25, -0.2) is 0 Å². The molecule has 4 nitrogen and oxygen atoms in total. The summed E-state index contributed by atoms with van der Waals surface area (Å²) in [4.78, 5) is 0. The number of nitrogen functional groups attached to an aromatic ring is 1. The summed E-state index contributed by atoms with van der Waals surface area (Å²) in [6, 6.07) is 4.38. The van der Waals surface area contributed by atoms with E-state index in [1.165, 1.54) is 19.2 Å². The number of ether oxygens (including phenoxy) is 2. The summed E-state index contributed by atoms with van der Waals surface area (Å²) in [5.74, 6) is 5.46. The van der Waals surface area contributed by atoms with E-state index in [1.807, 2.05) is 0 Å². The minimum absolute atomic E-state index is 0.0538. The molecule has 0 atom stereocenters. The molecule has 0 aromatic heterocycles. The molecule has 0 spiro atoms. The van der Waals surface area contributed by atoms with Crippen molar-refractivity contribution < 1.29 is 18.3 Å². The highest BCUT2D eigenvalue weighted by Gasteiger charge is 2.09. The minimum Gasteiger partial charge on any atom is -0.497 e. The van der Waals surface area contributed by atoms with Crippen LogP contribution in [0.5, 0.6) is 11.5 Å².